The second kappa shape index (κ2) is 4.38. The third-order valence-electron chi connectivity index (χ3n) is 3.81. The van der Waals surface area contributed by atoms with Gasteiger partial charge in [0.25, 0.3) is 0 Å². The first-order valence-corrected chi connectivity index (χ1v) is 6.65. The quantitative estimate of drug-likeness (QED) is 0.811. The molecule has 3 rings (SSSR count). The smallest absolute Gasteiger partial charge is 0.326 e. The summed E-state index contributed by atoms with van der Waals surface area (Å²) in [5.41, 5.74) is 2.89. The molecule has 1 aromatic carbocycles. The molecule has 0 fully saturated rings. The number of fused-ring (bicyclic) bond motifs is 3. The van der Waals surface area contributed by atoms with Crippen LogP contribution in [-0.4, -0.2) is 23.1 Å². The van der Waals surface area contributed by atoms with Crippen molar-refractivity contribution in [3.8, 4) is 0 Å². The van der Waals surface area contributed by atoms with E-state index in [9.17, 15) is 4.79 Å². The van der Waals surface area contributed by atoms with E-state index in [1.54, 1.807) is 0 Å². The third kappa shape index (κ3) is 1.92. The summed E-state index contributed by atoms with van der Waals surface area (Å²) in [5, 5.41) is 4.49. The number of benzene rings is 1. The zero-order valence-electron chi connectivity index (χ0n) is 11.2. The van der Waals surface area contributed by atoms with Crippen LogP contribution in [0, 0.1) is 0 Å². The number of aromatic amines is 1. The van der Waals surface area contributed by atoms with Crippen LogP contribution >= 0.6 is 0 Å². The van der Waals surface area contributed by atoms with E-state index in [1.165, 1.54) is 16.6 Å². The van der Waals surface area contributed by atoms with Gasteiger partial charge in [0.05, 0.1) is 6.61 Å². The molecule has 0 bridgehead atoms. The van der Waals surface area contributed by atoms with E-state index in [4.69, 9.17) is 4.74 Å². The van der Waals surface area contributed by atoms with Crippen molar-refractivity contribution in [2.45, 2.75) is 32.4 Å². The van der Waals surface area contributed by atoms with Gasteiger partial charge in [-0.3, -0.25) is 10.1 Å². The Hall–Kier alpha value is -1.81. The maximum Gasteiger partial charge on any atom is 0.326 e. The normalized spacial score (nSPS) is 22.2. The van der Waals surface area contributed by atoms with E-state index in [0.29, 0.717) is 19.6 Å². The van der Waals surface area contributed by atoms with Gasteiger partial charge in [-0.15, -0.1) is 0 Å². The number of ether oxygens (including phenoxy) is 1. The molecule has 0 aliphatic carbocycles. The summed E-state index contributed by atoms with van der Waals surface area (Å²) in [6.45, 7) is 4.83. The summed E-state index contributed by atoms with van der Waals surface area (Å²) in [4.78, 5) is 15.5. The Bertz CT molecular complexity index is 632. The Kier molecular flexibility index (Phi) is 2.82. The Balaban J connectivity index is 2.01. The summed E-state index contributed by atoms with van der Waals surface area (Å²) < 4.78 is 5.18. The molecule has 0 radical (unpaired) electrons. The Morgan fingerprint density at radius 3 is 3.00 bits per heavy atom. The SMILES string of the molecule is CCOC(=O)[C@]1(C)Cc2c([nH]c3ccccc23)CN1. The van der Waals surface area contributed by atoms with Gasteiger partial charge >= 0.3 is 5.97 Å². The molecule has 1 atom stereocenters. The highest BCUT2D eigenvalue weighted by atomic mass is 16.5. The first-order valence-electron chi connectivity index (χ1n) is 6.65. The lowest BCUT2D eigenvalue weighted by Gasteiger charge is -2.32. The molecule has 1 aliphatic rings. The van der Waals surface area contributed by atoms with Crippen LogP contribution in [0.4, 0.5) is 0 Å². The fraction of sp³-hybridized carbons (Fsp3) is 0.400. The van der Waals surface area contributed by atoms with Crippen molar-refractivity contribution in [2.24, 2.45) is 0 Å². The summed E-state index contributed by atoms with van der Waals surface area (Å²) in [5.74, 6) is -0.175. The number of esters is 1. The minimum absolute atomic E-state index is 0.175. The number of hydrogen-bond donors (Lipinski definition) is 2. The second-order valence-electron chi connectivity index (χ2n) is 5.21. The maximum atomic E-state index is 12.1. The Morgan fingerprint density at radius 2 is 2.21 bits per heavy atom. The minimum atomic E-state index is -0.631. The van der Waals surface area contributed by atoms with E-state index in [1.807, 2.05) is 26.0 Å². The van der Waals surface area contributed by atoms with Crippen LogP contribution in [-0.2, 0) is 22.5 Å². The predicted molar refractivity (Wildman–Crippen MR) is 73.9 cm³/mol. The zero-order valence-corrected chi connectivity index (χ0v) is 11.2. The number of rotatable bonds is 2. The molecular formula is C15H18N2O2. The van der Waals surface area contributed by atoms with Gasteiger partial charge in [0.15, 0.2) is 0 Å². The van der Waals surface area contributed by atoms with E-state index in [0.717, 1.165) is 5.52 Å². The third-order valence-corrected chi connectivity index (χ3v) is 3.81. The number of nitrogens with one attached hydrogen (secondary N) is 2. The van der Waals surface area contributed by atoms with Crippen molar-refractivity contribution in [3.05, 3.63) is 35.5 Å². The van der Waals surface area contributed by atoms with Gasteiger partial charge < -0.3 is 9.72 Å². The molecule has 2 N–H and O–H groups in total. The van der Waals surface area contributed by atoms with Gasteiger partial charge in [-0.2, -0.15) is 0 Å². The number of carbonyl (C=O) groups excluding carboxylic acids is 1. The molecule has 4 heteroatoms. The molecule has 100 valence electrons. The average Bonchev–Trinajstić information content (AvgIpc) is 2.77. The van der Waals surface area contributed by atoms with E-state index < -0.39 is 5.54 Å². The van der Waals surface area contributed by atoms with Crippen LogP contribution in [0.25, 0.3) is 10.9 Å². The number of H-pyrrole nitrogens is 1. The maximum absolute atomic E-state index is 12.1. The van der Waals surface area contributed by atoms with Crippen molar-refractivity contribution < 1.29 is 9.53 Å². The van der Waals surface area contributed by atoms with Crippen molar-refractivity contribution in [1.82, 2.24) is 10.3 Å². The molecule has 2 heterocycles. The monoisotopic (exact) mass is 258 g/mol. The van der Waals surface area contributed by atoms with Crippen LogP contribution in [0.3, 0.4) is 0 Å². The molecule has 0 amide bonds. The van der Waals surface area contributed by atoms with E-state index in [-0.39, 0.29) is 5.97 Å². The number of carbonyl (C=O) groups is 1. The zero-order chi connectivity index (χ0) is 13.5. The summed E-state index contributed by atoms with van der Waals surface area (Å²) >= 11 is 0. The fourth-order valence-electron chi connectivity index (χ4n) is 2.74. The number of hydrogen-bond acceptors (Lipinski definition) is 3. The Labute approximate surface area is 112 Å². The summed E-state index contributed by atoms with van der Waals surface area (Å²) in [6, 6.07) is 8.21. The van der Waals surface area contributed by atoms with Crippen LogP contribution < -0.4 is 5.32 Å². The molecule has 0 saturated carbocycles. The van der Waals surface area contributed by atoms with Gasteiger partial charge in [-0.25, -0.2) is 0 Å². The van der Waals surface area contributed by atoms with Crippen LogP contribution in [0.1, 0.15) is 25.1 Å². The average molecular weight is 258 g/mol. The van der Waals surface area contributed by atoms with E-state index in [2.05, 4.69) is 22.4 Å². The van der Waals surface area contributed by atoms with Gasteiger partial charge in [-0.05, 0) is 25.5 Å². The van der Waals surface area contributed by atoms with Gasteiger partial charge in [0, 0.05) is 29.6 Å². The van der Waals surface area contributed by atoms with Crippen LogP contribution in [0.15, 0.2) is 24.3 Å². The summed E-state index contributed by atoms with van der Waals surface area (Å²) in [6.07, 6.45) is 0.658. The minimum Gasteiger partial charge on any atom is -0.465 e. The largest absolute Gasteiger partial charge is 0.465 e. The van der Waals surface area contributed by atoms with Crippen LogP contribution in [0.2, 0.25) is 0 Å². The van der Waals surface area contributed by atoms with Crippen molar-refractivity contribution in [2.75, 3.05) is 6.61 Å². The molecule has 1 aliphatic heterocycles. The van der Waals surface area contributed by atoms with Crippen LogP contribution in [0.5, 0.6) is 0 Å². The van der Waals surface area contributed by atoms with Crippen molar-refractivity contribution in [3.63, 3.8) is 0 Å². The number of para-hydroxylation sites is 1. The molecule has 0 saturated heterocycles. The molecule has 0 spiro atoms. The highest BCUT2D eigenvalue weighted by molar-refractivity contribution is 5.88. The van der Waals surface area contributed by atoms with Gasteiger partial charge in [0.1, 0.15) is 5.54 Å². The first-order chi connectivity index (χ1) is 9.14. The predicted octanol–water partition coefficient (Wildman–Crippen LogP) is 2.14. The molecule has 19 heavy (non-hydrogen) atoms. The molecular weight excluding hydrogens is 240 g/mol. The lowest BCUT2D eigenvalue weighted by Crippen LogP contribution is -2.54. The highest BCUT2D eigenvalue weighted by Crippen LogP contribution is 2.30. The second-order valence-corrected chi connectivity index (χ2v) is 5.21. The Morgan fingerprint density at radius 1 is 1.42 bits per heavy atom. The molecule has 4 nitrogen and oxygen atoms in total. The molecule has 1 aromatic heterocycles. The molecule has 2 aromatic rings. The first kappa shape index (κ1) is 12.2. The lowest BCUT2D eigenvalue weighted by atomic mass is 9.88. The fourth-order valence-corrected chi connectivity index (χ4v) is 2.74. The van der Waals surface area contributed by atoms with Gasteiger partial charge in [-0.1, -0.05) is 18.2 Å². The van der Waals surface area contributed by atoms with Gasteiger partial charge in [0.2, 0.25) is 0 Å². The highest BCUT2D eigenvalue weighted by Gasteiger charge is 2.39. The number of aromatic nitrogens is 1. The van der Waals surface area contributed by atoms with E-state index >= 15 is 0 Å². The molecule has 0 unspecified atom stereocenters. The standard InChI is InChI=1S/C15H18N2O2/c1-3-19-14(18)15(2)8-11-10-6-4-5-7-12(10)17-13(11)9-16-15/h4-7,16-17H,3,8-9H2,1-2H3/t15-/m0/s1. The lowest BCUT2D eigenvalue weighted by molar-refractivity contribution is -0.150. The summed E-state index contributed by atoms with van der Waals surface area (Å²) in [7, 11) is 0. The van der Waals surface area contributed by atoms with Crippen molar-refractivity contribution in [1.29, 1.82) is 0 Å². The topological polar surface area (TPSA) is 54.1 Å². The van der Waals surface area contributed by atoms with Crippen molar-refractivity contribution >= 4 is 16.9 Å².